The molecular weight excluding hydrogens is 282 g/mol. The molecule has 7 nitrogen and oxygen atoms in total. The number of carbonyl (C=O) groups excluding carboxylic acids is 1. The van der Waals surface area contributed by atoms with Gasteiger partial charge in [-0.25, -0.2) is 4.79 Å². The van der Waals surface area contributed by atoms with E-state index in [9.17, 15) is 4.79 Å². The van der Waals surface area contributed by atoms with Crippen molar-refractivity contribution in [2.75, 3.05) is 0 Å². The van der Waals surface area contributed by atoms with Crippen LogP contribution in [0.3, 0.4) is 0 Å². The summed E-state index contributed by atoms with van der Waals surface area (Å²) in [7, 11) is 0. The summed E-state index contributed by atoms with van der Waals surface area (Å²) in [6.45, 7) is 0.207. The zero-order chi connectivity index (χ0) is 15.2. The van der Waals surface area contributed by atoms with Gasteiger partial charge >= 0.3 is 6.03 Å². The molecule has 0 aromatic carbocycles. The summed E-state index contributed by atoms with van der Waals surface area (Å²) in [5, 5.41) is 9.58. The van der Waals surface area contributed by atoms with E-state index < -0.39 is 0 Å². The van der Waals surface area contributed by atoms with Crippen LogP contribution in [0.1, 0.15) is 38.0 Å². The Labute approximate surface area is 128 Å². The number of nitrogens with zero attached hydrogens (tertiary/aromatic N) is 3. The lowest BCUT2D eigenvalue weighted by atomic mass is 9.96. The number of carbonyl (C=O) groups is 1. The number of aromatic nitrogens is 3. The topological polar surface area (TPSA) is 92.9 Å². The Hall–Kier alpha value is -2.44. The van der Waals surface area contributed by atoms with Crippen LogP contribution in [-0.2, 0) is 6.54 Å². The third-order valence-corrected chi connectivity index (χ3v) is 3.70. The maximum Gasteiger partial charge on any atom is 0.315 e. The normalized spacial score (nSPS) is 15.5. The Morgan fingerprint density at radius 2 is 2.14 bits per heavy atom. The van der Waals surface area contributed by atoms with Crippen LogP contribution in [-0.4, -0.2) is 27.2 Å². The molecule has 0 atom stereocenters. The SMILES string of the molecule is O=C(NCc1nc(-c2ccccn2)no1)NC1CCCCC1. The lowest BCUT2D eigenvalue weighted by Crippen LogP contribution is -2.42. The van der Waals surface area contributed by atoms with Gasteiger partial charge < -0.3 is 15.2 Å². The lowest BCUT2D eigenvalue weighted by molar-refractivity contribution is 0.230. The molecule has 2 N–H and O–H groups in total. The Kier molecular flexibility index (Phi) is 4.62. The molecule has 2 amide bonds. The summed E-state index contributed by atoms with van der Waals surface area (Å²) in [6, 6.07) is 5.57. The number of hydrogen-bond acceptors (Lipinski definition) is 5. The molecule has 0 saturated heterocycles. The second-order valence-electron chi connectivity index (χ2n) is 5.39. The molecule has 0 aliphatic heterocycles. The highest BCUT2D eigenvalue weighted by Gasteiger charge is 2.16. The second-order valence-corrected chi connectivity index (χ2v) is 5.39. The molecule has 3 rings (SSSR count). The zero-order valence-corrected chi connectivity index (χ0v) is 12.3. The summed E-state index contributed by atoms with van der Waals surface area (Å²) in [6.07, 6.45) is 7.40. The van der Waals surface area contributed by atoms with E-state index in [4.69, 9.17) is 4.52 Å². The summed E-state index contributed by atoms with van der Waals surface area (Å²) in [4.78, 5) is 20.2. The summed E-state index contributed by atoms with van der Waals surface area (Å²) in [5.41, 5.74) is 0.643. The fraction of sp³-hybridized carbons (Fsp3) is 0.467. The van der Waals surface area contributed by atoms with Gasteiger partial charge in [-0.1, -0.05) is 30.5 Å². The van der Waals surface area contributed by atoms with Gasteiger partial charge in [0.05, 0.1) is 6.54 Å². The summed E-state index contributed by atoms with van der Waals surface area (Å²) < 4.78 is 5.12. The van der Waals surface area contributed by atoms with Crippen LogP contribution in [0.4, 0.5) is 4.79 Å². The Morgan fingerprint density at radius 3 is 2.91 bits per heavy atom. The van der Waals surface area contributed by atoms with Crippen molar-refractivity contribution in [3.63, 3.8) is 0 Å². The molecule has 116 valence electrons. The minimum absolute atomic E-state index is 0.190. The van der Waals surface area contributed by atoms with Gasteiger partial charge in [-0.15, -0.1) is 0 Å². The van der Waals surface area contributed by atoms with Crippen LogP contribution in [0, 0.1) is 0 Å². The van der Waals surface area contributed by atoms with Crippen LogP contribution in [0.15, 0.2) is 28.9 Å². The van der Waals surface area contributed by atoms with Crippen LogP contribution in [0.5, 0.6) is 0 Å². The molecule has 1 saturated carbocycles. The predicted octanol–water partition coefficient (Wildman–Crippen LogP) is 2.26. The van der Waals surface area contributed by atoms with Crippen molar-refractivity contribution < 1.29 is 9.32 Å². The molecule has 2 heterocycles. The van der Waals surface area contributed by atoms with Gasteiger partial charge in [0.1, 0.15) is 5.69 Å². The third-order valence-electron chi connectivity index (χ3n) is 3.70. The van der Waals surface area contributed by atoms with Gasteiger partial charge in [-0.3, -0.25) is 4.98 Å². The molecule has 0 spiro atoms. The quantitative estimate of drug-likeness (QED) is 0.903. The van der Waals surface area contributed by atoms with Crippen molar-refractivity contribution in [1.82, 2.24) is 25.8 Å². The van der Waals surface area contributed by atoms with Crippen molar-refractivity contribution in [2.24, 2.45) is 0 Å². The van der Waals surface area contributed by atoms with Gasteiger partial charge in [0.25, 0.3) is 0 Å². The Morgan fingerprint density at radius 1 is 1.27 bits per heavy atom. The first-order valence-corrected chi connectivity index (χ1v) is 7.59. The molecule has 2 aromatic heterocycles. The van der Waals surface area contributed by atoms with E-state index in [0.717, 1.165) is 12.8 Å². The molecule has 7 heteroatoms. The molecule has 2 aromatic rings. The standard InChI is InChI=1S/C15H19N5O2/c21-15(18-11-6-2-1-3-7-11)17-10-13-19-14(20-22-13)12-8-4-5-9-16-12/h4-5,8-9,11H,1-3,6-7,10H2,(H2,17,18,21). The van der Waals surface area contributed by atoms with Crippen molar-refractivity contribution in [3.05, 3.63) is 30.3 Å². The van der Waals surface area contributed by atoms with E-state index in [1.165, 1.54) is 19.3 Å². The maximum atomic E-state index is 11.8. The van der Waals surface area contributed by atoms with Gasteiger partial charge in [0, 0.05) is 12.2 Å². The molecule has 0 bridgehead atoms. The number of nitrogens with one attached hydrogen (secondary N) is 2. The fourth-order valence-electron chi connectivity index (χ4n) is 2.56. The Balaban J connectivity index is 1.49. The van der Waals surface area contributed by atoms with E-state index >= 15 is 0 Å². The molecule has 1 aliphatic carbocycles. The first-order valence-electron chi connectivity index (χ1n) is 7.59. The van der Waals surface area contributed by atoms with Crippen LogP contribution in [0.2, 0.25) is 0 Å². The summed E-state index contributed by atoms with van der Waals surface area (Å²) in [5.74, 6) is 0.782. The minimum atomic E-state index is -0.190. The highest BCUT2D eigenvalue weighted by Crippen LogP contribution is 2.17. The van der Waals surface area contributed by atoms with E-state index in [0.29, 0.717) is 17.4 Å². The van der Waals surface area contributed by atoms with Gasteiger partial charge in [0.15, 0.2) is 0 Å². The molecule has 0 unspecified atom stereocenters. The third kappa shape index (κ3) is 3.81. The molecule has 1 fully saturated rings. The minimum Gasteiger partial charge on any atom is -0.337 e. The summed E-state index contributed by atoms with van der Waals surface area (Å²) >= 11 is 0. The number of amides is 2. The van der Waals surface area contributed by atoms with E-state index in [1.807, 2.05) is 12.1 Å². The molecule has 1 aliphatic rings. The van der Waals surface area contributed by atoms with Crippen molar-refractivity contribution in [2.45, 2.75) is 44.7 Å². The number of hydrogen-bond donors (Lipinski definition) is 2. The number of rotatable bonds is 4. The smallest absolute Gasteiger partial charge is 0.315 e. The van der Waals surface area contributed by atoms with E-state index in [-0.39, 0.29) is 18.6 Å². The average Bonchev–Trinajstić information content (AvgIpc) is 3.04. The molecule has 22 heavy (non-hydrogen) atoms. The maximum absolute atomic E-state index is 11.8. The van der Waals surface area contributed by atoms with Crippen molar-refractivity contribution in [3.8, 4) is 11.5 Å². The number of pyridine rings is 1. The van der Waals surface area contributed by atoms with Gasteiger partial charge in [-0.05, 0) is 25.0 Å². The molecular formula is C15H19N5O2. The van der Waals surface area contributed by atoms with Crippen LogP contribution < -0.4 is 10.6 Å². The van der Waals surface area contributed by atoms with E-state index in [1.54, 1.807) is 12.3 Å². The largest absolute Gasteiger partial charge is 0.337 e. The fourth-order valence-corrected chi connectivity index (χ4v) is 2.56. The highest BCUT2D eigenvalue weighted by molar-refractivity contribution is 5.74. The van der Waals surface area contributed by atoms with Crippen LogP contribution in [0.25, 0.3) is 11.5 Å². The second kappa shape index (κ2) is 7.02. The van der Waals surface area contributed by atoms with Gasteiger partial charge in [0.2, 0.25) is 11.7 Å². The van der Waals surface area contributed by atoms with Crippen LogP contribution >= 0.6 is 0 Å². The van der Waals surface area contributed by atoms with Gasteiger partial charge in [-0.2, -0.15) is 4.98 Å². The monoisotopic (exact) mass is 301 g/mol. The molecule has 0 radical (unpaired) electrons. The zero-order valence-electron chi connectivity index (χ0n) is 12.3. The van der Waals surface area contributed by atoms with Crippen molar-refractivity contribution >= 4 is 6.03 Å². The van der Waals surface area contributed by atoms with Crippen molar-refractivity contribution in [1.29, 1.82) is 0 Å². The van der Waals surface area contributed by atoms with E-state index in [2.05, 4.69) is 25.8 Å². The first-order chi connectivity index (χ1) is 10.8. The highest BCUT2D eigenvalue weighted by atomic mass is 16.5. The first kappa shape index (κ1) is 14.5. The lowest BCUT2D eigenvalue weighted by Gasteiger charge is -2.22. The number of urea groups is 1. The Bertz CT molecular complexity index is 607. The average molecular weight is 301 g/mol. The predicted molar refractivity (Wildman–Crippen MR) is 79.8 cm³/mol.